The van der Waals surface area contributed by atoms with E-state index in [2.05, 4.69) is 31.0 Å². The first-order valence-corrected chi connectivity index (χ1v) is 13.4. The number of thiazole rings is 1. The van der Waals surface area contributed by atoms with Gasteiger partial charge in [0, 0.05) is 15.4 Å². The molecule has 1 heterocycles. The van der Waals surface area contributed by atoms with Crippen LogP contribution in [0, 0.1) is 6.92 Å². The van der Waals surface area contributed by atoms with E-state index in [0.29, 0.717) is 17.8 Å². The van der Waals surface area contributed by atoms with Crippen LogP contribution in [0.4, 0.5) is 24.0 Å². The first-order chi connectivity index (χ1) is 16.9. The topological polar surface area (TPSA) is 88.2 Å². The number of nitrogens with one attached hydrogen (secondary N) is 2. The molecule has 0 fully saturated rings. The summed E-state index contributed by atoms with van der Waals surface area (Å²) in [6.45, 7) is 1.76. The van der Waals surface area contributed by atoms with Crippen LogP contribution in [0.15, 0.2) is 81.5 Å². The van der Waals surface area contributed by atoms with E-state index in [0.717, 1.165) is 33.0 Å². The highest BCUT2D eigenvalue weighted by Gasteiger charge is 2.32. The van der Waals surface area contributed by atoms with Crippen molar-refractivity contribution in [2.24, 2.45) is 0 Å². The second-order valence-corrected chi connectivity index (χ2v) is 11.1. The van der Waals surface area contributed by atoms with Crippen molar-refractivity contribution in [1.82, 2.24) is 4.98 Å². The van der Waals surface area contributed by atoms with E-state index in [4.69, 9.17) is 0 Å². The first-order valence-electron chi connectivity index (χ1n) is 10.3. The third-order valence-corrected chi connectivity index (χ3v) is 7.70. The van der Waals surface area contributed by atoms with Crippen molar-refractivity contribution in [1.29, 1.82) is 0 Å². The van der Waals surface area contributed by atoms with Gasteiger partial charge in [-0.2, -0.15) is 13.2 Å². The highest BCUT2D eigenvalue weighted by molar-refractivity contribution is 9.10. The molecule has 0 radical (unpaired) electrons. The average Bonchev–Trinajstić information content (AvgIpc) is 3.27. The maximum absolute atomic E-state index is 13.3. The Kier molecular flexibility index (Phi) is 7.21. The van der Waals surface area contributed by atoms with Crippen molar-refractivity contribution < 1.29 is 26.4 Å². The van der Waals surface area contributed by atoms with Gasteiger partial charge < -0.3 is 0 Å². The normalized spacial score (nSPS) is 11.8. The molecule has 3 aromatic carbocycles. The van der Waals surface area contributed by atoms with Crippen molar-refractivity contribution in [3.05, 3.63) is 93.3 Å². The molecule has 0 aliphatic carbocycles. The van der Waals surface area contributed by atoms with E-state index in [9.17, 15) is 26.4 Å². The molecule has 12 heteroatoms. The van der Waals surface area contributed by atoms with Crippen LogP contribution in [0.5, 0.6) is 0 Å². The van der Waals surface area contributed by atoms with Gasteiger partial charge in [0.05, 0.1) is 27.4 Å². The monoisotopic (exact) mass is 595 g/mol. The zero-order valence-electron chi connectivity index (χ0n) is 18.4. The summed E-state index contributed by atoms with van der Waals surface area (Å²) < 4.78 is 68.8. The van der Waals surface area contributed by atoms with E-state index in [1.54, 1.807) is 24.4 Å². The van der Waals surface area contributed by atoms with Crippen LogP contribution >= 0.6 is 27.3 Å². The maximum atomic E-state index is 13.3. The number of aromatic nitrogens is 1. The van der Waals surface area contributed by atoms with Crippen LogP contribution < -0.4 is 10.0 Å². The van der Waals surface area contributed by atoms with Gasteiger partial charge in [0.15, 0.2) is 5.13 Å². The van der Waals surface area contributed by atoms with Crippen molar-refractivity contribution in [3.63, 3.8) is 0 Å². The summed E-state index contributed by atoms with van der Waals surface area (Å²) in [4.78, 5) is 17.2. The molecule has 0 saturated carbocycles. The number of benzene rings is 3. The minimum absolute atomic E-state index is 0.157. The fourth-order valence-electron chi connectivity index (χ4n) is 3.17. The molecule has 0 saturated heterocycles. The van der Waals surface area contributed by atoms with Gasteiger partial charge in [0.25, 0.3) is 15.9 Å². The number of hydrogen-bond acceptors (Lipinski definition) is 5. The van der Waals surface area contributed by atoms with Crippen LogP contribution in [0.1, 0.15) is 21.5 Å². The lowest BCUT2D eigenvalue weighted by Gasteiger charge is -2.15. The minimum Gasteiger partial charge on any atom is -0.298 e. The van der Waals surface area contributed by atoms with E-state index < -0.39 is 33.4 Å². The molecule has 0 unspecified atom stereocenters. The van der Waals surface area contributed by atoms with E-state index in [1.165, 1.54) is 12.1 Å². The number of nitrogens with zero attached hydrogens (tertiary/aromatic N) is 1. The molecule has 36 heavy (non-hydrogen) atoms. The molecule has 0 aliphatic rings. The van der Waals surface area contributed by atoms with Crippen molar-refractivity contribution in [2.45, 2.75) is 18.0 Å². The summed E-state index contributed by atoms with van der Waals surface area (Å²) in [6, 6.07) is 15.3. The second kappa shape index (κ2) is 10.0. The average molecular weight is 596 g/mol. The van der Waals surface area contributed by atoms with E-state index in [1.807, 2.05) is 24.3 Å². The molecule has 0 bridgehead atoms. The maximum Gasteiger partial charge on any atom is 0.416 e. The second-order valence-electron chi connectivity index (χ2n) is 7.68. The molecule has 4 aromatic rings. The predicted molar refractivity (Wildman–Crippen MR) is 137 cm³/mol. The summed E-state index contributed by atoms with van der Waals surface area (Å²) in [7, 11) is -4.27. The van der Waals surface area contributed by atoms with Gasteiger partial charge >= 0.3 is 6.18 Å². The summed E-state index contributed by atoms with van der Waals surface area (Å²) in [5, 5.41) is 4.45. The van der Waals surface area contributed by atoms with Crippen molar-refractivity contribution in [3.8, 4) is 11.3 Å². The number of aryl methyl sites for hydroxylation is 1. The summed E-state index contributed by atoms with van der Waals surface area (Å²) in [5.74, 6) is -0.818. The predicted octanol–water partition coefficient (Wildman–Crippen LogP) is 6.95. The lowest BCUT2D eigenvalue weighted by Crippen LogP contribution is -2.20. The van der Waals surface area contributed by atoms with Gasteiger partial charge in [-0.3, -0.25) is 14.8 Å². The number of carbonyl (C=O) groups is 1. The molecule has 0 aliphatic heterocycles. The highest BCUT2D eigenvalue weighted by Crippen LogP contribution is 2.34. The highest BCUT2D eigenvalue weighted by atomic mass is 79.9. The van der Waals surface area contributed by atoms with Gasteiger partial charge in [-0.05, 0) is 49.4 Å². The van der Waals surface area contributed by atoms with Gasteiger partial charge in [-0.1, -0.05) is 45.8 Å². The third kappa shape index (κ3) is 5.94. The quantitative estimate of drug-likeness (QED) is 0.252. The van der Waals surface area contributed by atoms with Gasteiger partial charge in [0.2, 0.25) is 0 Å². The first kappa shape index (κ1) is 25.9. The largest absolute Gasteiger partial charge is 0.416 e. The Bertz CT molecular complexity index is 1520. The standard InChI is InChI=1S/C24H17BrF3N3O3S2/c1-14-2-9-18(10-3-14)36(33,34)31-20-12-16(24(26,27)28)6-11-19(20)22(32)30-23-29-21(13-35-23)15-4-7-17(25)8-5-15/h2-13,31H,1H3,(H,29,30,32). The molecule has 2 N–H and O–H groups in total. The number of sulfonamides is 1. The fraction of sp³-hybridized carbons (Fsp3) is 0.0833. The lowest BCUT2D eigenvalue weighted by molar-refractivity contribution is -0.137. The Balaban J connectivity index is 1.65. The molecule has 1 aromatic heterocycles. The molecule has 6 nitrogen and oxygen atoms in total. The SMILES string of the molecule is Cc1ccc(S(=O)(=O)Nc2cc(C(F)(F)F)ccc2C(=O)Nc2nc(-c3ccc(Br)cc3)cs2)cc1. The Morgan fingerprint density at radius 1 is 1.00 bits per heavy atom. The Hall–Kier alpha value is -3.22. The van der Waals surface area contributed by atoms with Gasteiger partial charge in [0.1, 0.15) is 0 Å². The molecule has 4 rings (SSSR count). The third-order valence-electron chi connectivity index (χ3n) is 5.03. The summed E-state index contributed by atoms with van der Waals surface area (Å²) >= 11 is 4.47. The molecular formula is C24H17BrF3N3O3S2. The van der Waals surface area contributed by atoms with Gasteiger partial charge in [-0.25, -0.2) is 13.4 Å². The number of anilines is 2. The Morgan fingerprint density at radius 3 is 2.31 bits per heavy atom. The van der Waals surface area contributed by atoms with Crippen molar-refractivity contribution in [2.75, 3.05) is 10.0 Å². The molecule has 0 spiro atoms. The molecule has 186 valence electrons. The smallest absolute Gasteiger partial charge is 0.298 e. The molecule has 0 atom stereocenters. The van der Waals surface area contributed by atoms with Crippen LogP contribution in [-0.4, -0.2) is 19.3 Å². The van der Waals surface area contributed by atoms with Crippen LogP contribution in [0.3, 0.4) is 0 Å². The number of rotatable bonds is 6. The minimum atomic E-state index is -4.74. The van der Waals surface area contributed by atoms with Gasteiger partial charge in [-0.15, -0.1) is 11.3 Å². The fourth-order valence-corrected chi connectivity index (χ4v) is 5.22. The van der Waals surface area contributed by atoms with Crippen LogP contribution in [-0.2, 0) is 16.2 Å². The summed E-state index contributed by atoms with van der Waals surface area (Å²) in [5.41, 5.74) is 0.296. The number of alkyl halides is 3. The zero-order chi connectivity index (χ0) is 26.1. The Morgan fingerprint density at radius 2 is 1.67 bits per heavy atom. The zero-order valence-corrected chi connectivity index (χ0v) is 21.6. The molecule has 1 amide bonds. The lowest BCUT2D eigenvalue weighted by atomic mass is 10.1. The number of amides is 1. The number of halogens is 4. The van der Waals surface area contributed by atoms with E-state index in [-0.39, 0.29) is 15.6 Å². The van der Waals surface area contributed by atoms with Crippen LogP contribution in [0.25, 0.3) is 11.3 Å². The van der Waals surface area contributed by atoms with Crippen LogP contribution in [0.2, 0.25) is 0 Å². The molecular weight excluding hydrogens is 579 g/mol. The number of carbonyl (C=O) groups excluding carboxylic acids is 1. The number of hydrogen-bond donors (Lipinski definition) is 2. The summed E-state index contributed by atoms with van der Waals surface area (Å²) in [6.07, 6.45) is -4.74. The Labute approximate surface area is 217 Å². The van der Waals surface area contributed by atoms with E-state index >= 15 is 0 Å². The van der Waals surface area contributed by atoms with Crippen molar-refractivity contribution >= 4 is 54.0 Å².